The van der Waals surface area contributed by atoms with Crippen LogP contribution in [0.1, 0.15) is 16.8 Å². The number of rotatable bonds is 1. The lowest BCUT2D eigenvalue weighted by atomic mass is 10.1. The van der Waals surface area contributed by atoms with Crippen LogP contribution in [0.4, 0.5) is 5.69 Å². The van der Waals surface area contributed by atoms with Crippen LogP contribution >= 0.6 is 15.9 Å². The minimum Gasteiger partial charge on any atom is -0.507 e. The zero-order chi connectivity index (χ0) is 14.8. The number of anilines is 1. The first-order chi connectivity index (χ1) is 10.2. The van der Waals surface area contributed by atoms with Crippen molar-refractivity contribution in [1.82, 2.24) is 0 Å². The summed E-state index contributed by atoms with van der Waals surface area (Å²) in [6.07, 6.45) is 0.745. The molecule has 0 radical (unpaired) electrons. The summed E-state index contributed by atoms with van der Waals surface area (Å²) in [6, 6.07) is 12.3. The summed E-state index contributed by atoms with van der Waals surface area (Å²) in [7, 11) is 0. The number of carbonyl (C=O) groups excluding carboxylic acids is 1. The maximum absolute atomic E-state index is 12.8. The van der Waals surface area contributed by atoms with Crippen molar-refractivity contribution in [1.29, 1.82) is 0 Å². The molecule has 0 saturated heterocycles. The van der Waals surface area contributed by atoms with Crippen LogP contribution in [-0.2, 0) is 0 Å². The van der Waals surface area contributed by atoms with Gasteiger partial charge in [0.05, 0.1) is 17.9 Å². The quantitative estimate of drug-likeness (QED) is 0.857. The van der Waals surface area contributed by atoms with Crippen LogP contribution in [0.25, 0.3) is 0 Å². The van der Waals surface area contributed by atoms with E-state index in [2.05, 4.69) is 15.9 Å². The molecule has 1 amide bonds. The molecular weight excluding hydrogens is 334 g/mol. The third kappa shape index (κ3) is 2.74. The zero-order valence-corrected chi connectivity index (χ0v) is 12.8. The van der Waals surface area contributed by atoms with Gasteiger partial charge in [0.25, 0.3) is 5.91 Å². The van der Waals surface area contributed by atoms with Gasteiger partial charge in [-0.05, 0) is 36.8 Å². The van der Waals surface area contributed by atoms with Crippen molar-refractivity contribution in [3.8, 4) is 11.5 Å². The number of hydrogen-bond acceptors (Lipinski definition) is 3. The molecule has 1 N–H and O–H groups in total. The fraction of sp³-hybridized carbons (Fsp3) is 0.188. The smallest absolute Gasteiger partial charge is 0.262 e. The molecule has 0 atom stereocenters. The van der Waals surface area contributed by atoms with Crippen molar-refractivity contribution in [2.45, 2.75) is 6.42 Å². The number of nitrogens with zero attached hydrogens (tertiary/aromatic N) is 1. The fourth-order valence-corrected chi connectivity index (χ4v) is 2.72. The number of carbonyl (C=O) groups is 1. The van der Waals surface area contributed by atoms with E-state index in [1.807, 2.05) is 24.3 Å². The molecule has 4 nitrogen and oxygen atoms in total. The molecule has 3 rings (SSSR count). The van der Waals surface area contributed by atoms with E-state index in [0.717, 1.165) is 16.6 Å². The SMILES string of the molecule is O=C(c1cc(Br)ccc1O)N1CCCOc2ccccc21. The lowest BCUT2D eigenvalue weighted by Gasteiger charge is -2.22. The van der Waals surface area contributed by atoms with Gasteiger partial charge in [-0.3, -0.25) is 4.79 Å². The summed E-state index contributed by atoms with van der Waals surface area (Å²) in [5.74, 6) is 0.440. The van der Waals surface area contributed by atoms with Gasteiger partial charge in [0.2, 0.25) is 0 Å². The Morgan fingerprint density at radius 1 is 1.24 bits per heavy atom. The van der Waals surface area contributed by atoms with Crippen LogP contribution in [0.15, 0.2) is 46.9 Å². The largest absolute Gasteiger partial charge is 0.507 e. The Hall–Kier alpha value is -2.01. The highest BCUT2D eigenvalue weighted by Crippen LogP contribution is 2.33. The molecule has 21 heavy (non-hydrogen) atoms. The van der Waals surface area contributed by atoms with Crippen LogP contribution < -0.4 is 9.64 Å². The number of hydrogen-bond donors (Lipinski definition) is 1. The summed E-state index contributed by atoms with van der Waals surface area (Å²) < 4.78 is 6.41. The van der Waals surface area contributed by atoms with E-state index in [0.29, 0.717) is 18.9 Å². The van der Waals surface area contributed by atoms with Gasteiger partial charge in [0, 0.05) is 11.0 Å². The van der Waals surface area contributed by atoms with Gasteiger partial charge in [-0.1, -0.05) is 28.1 Å². The minimum atomic E-state index is -0.230. The molecule has 0 fully saturated rings. The minimum absolute atomic E-state index is 0.0224. The maximum atomic E-state index is 12.8. The highest BCUT2D eigenvalue weighted by atomic mass is 79.9. The normalized spacial score (nSPS) is 14.0. The van der Waals surface area contributed by atoms with E-state index in [4.69, 9.17) is 4.74 Å². The number of aromatic hydroxyl groups is 1. The highest BCUT2D eigenvalue weighted by Gasteiger charge is 2.24. The Balaban J connectivity index is 2.03. The van der Waals surface area contributed by atoms with Gasteiger partial charge in [-0.15, -0.1) is 0 Å². The Kier molecular flexibility index (Phi) is 3.84. The van der Waals surface area contributed by atoms with Crippen molar-refractivity contribution in [2.75, 3.05) is 18.1 Å². The van der Waals surface area contributed by atoms with E-state index >= 15 is 0 Å². The second kappa shape index (κ2) is 5.77. The molecule has 5 heteroatoms. The summed E-state index contributed by atoms with van der Waals surface area (Å²) in [4.78, 5) is 14.4. The van der Waals surface area contributed by atoms with Gasteiger partial charge < -0.3 is 14.7 Å². The number of halogens is 1. The van der Waals surface area contributed by atoms with Crippen molar-refractivity contribution < 1.29 is 14.6 Å². The Labute approximate surface area is 131 Å². The molecule has 1 heterocycles. The van der Waals surface area contributed by atoms with Crippen molar-refractivity contribution >= 4 is 27.5 Å². The molecule has 2 aromatic carbocycles. The van der Waals surface area contributed by atoms with Gasteiger partial charge in [0.15, 0.2) is 0 Å². The fourth-order valence-electron chi connectivity index (χ4n) is 2.36. The van der Waals surface area contributed by atoms with E-state index < -0.39 is 0 Å². The molecule has 0 aliphatic carbocycles. The van der Waals surface area contributed by atoms with Crippen molar-refractivity contribution in [3.63, 3.8) is 0 Å². The predicted molar refractivity (Wildman–Crippen MR) is 84.0 cm³/mol. The highest BCUT2D eigenvalue weighted by molar-refractivity contribution is 9.10. The number of phenols is 1. The lowest BCUT2D eigenvalue weighted by molar-refractivity contribution is 0.0984. The standard InChI is InChI=1S/C16H14BrNO3/c17-11-6-7-14(19)12(10-11)16(20)18-8-3-9-21-15-5-2-1-4-13(15)18/h1-2,4-7,10,19H,3,8-9H2. The Bertz CT molecular complexity index is 687. The molecule has 0 spiro atoms. The monoisotopic (exact) mass is 347 g/mol. The second-order valence-electron chi connectivity index (χ2n) is 4.79. The van der Waals surface area contributed by atoms with Crippen molar-refractivity contribution in [2.24, 2.45) is 0 Å². The van der Waals surface area contributed by atoms with Crippen LogP contribution in [0.3, 0.4) is 0 Å². The summed E-state index contributed by atoms with van der Waals surface area (Å²) in [5.41, 5.74) is 1.01. The topological polar surface area (TPSA) is 49.8 Å². The average Bonchev–Trinajstić information content (AvgIpc) is 2.71. The number of phenolic OH excluding ortho intramolecular Hbond substituents is 1. The number of ether oxygens (including phenoxy) is 1. The lowest BCUT2D eigenvalue weighted by Crippen LogP contribution is -2.31. The van der Waals surface area contributed by atoms with Gasteiger partial charge >= 0.3 is 0 Å². The summed E-state index contributed by atoms with van der Waals surface area (Å²) in [6.45, 7) is 1.13. The van der Waals surface area contributed by atoms with Gasteiger partial charge in [-0.2, -0.15) is 0 Å². The Morgan fingerprint density at radius 3 is 2.90 bits per heavy atom. The first-order valence-corrected chi connectivity index (χ1v) is 7.48. The molecule has 2 aromatic rings. The van der Waals surface area contributed by atoms with Gasteiger partial charge in [0.1, 0.15) is 11.5 Å². The summed E-state index contributed by atoms with van der Waals surface area (Å²) >= 11 is 3.33. The number of benzene rings is 2. The van der Waals surface area contributed by atoms with Crippen molar-refractivity contribution in [3.05, 3.63) is 52.5 Å². The number of para-hydroxylation sites is 2. The van der Waals surface area contributed by atoms with E-state index in [-0.39, 0.29) is 17.2 Å². The second-order valence-corrected chi connectivity index (χ2v) is 5.70. The molecule has 1 aliphatic rings. The molecule has 108 valence electrons. The third-order valence-corrected chi connectivity index (χ3v) is 3.87. The molecular formula is C16H14BrNO3. The summed E-state index contributed by atoms with van der Waals surface area (Å²) in [5, 5.41) is 9.95. The molecule has 1 aliphatic heterocycles. The first-order valence-electron chi connectivity index (χ1n) is 6.69. The zero-order valence-electron chi connectivity index (χ0n) is 11.3. The van der Waals surface area contributed by atoms with Gasteiger partial charge in [-0.25, -0.2) is 0 Å². The average molecular weight is 348 g/mol. The molecule has 0 saturated carbocycles. The van der Waals surface area contributed by atoms with Crippen LogP contribution in [0.2, 0.25) is 0 Å². The number of amides is 1. The van der Waals surface area contributed by atoms with Crippen LogP contribution in [0.5, 0.6) is 11.5 Å². The van der Waals surface area contributed by atoms with E-state index in [9.17, 15) is 9.90 Å². The van der Waals surface area contributed by atoms with E-state index in [1.54, 1.807) is 17.0 Å². The first kappa shape index (κ1) is 13.9. The third-order valence-electron chi connectivity index (χ3n) is 3.37. The number of fused-ring (bicyclic) bond motifs is 1. The molecule has 0 bridgehead atoms. The molecule has 0 unspecified atom stereocenters. The Morgan fingerprint density at radius 2 is 2.05 bits per heavy atom. The van der Waals surface area contributed by atoms with Crippen LogP contribution in [0, 0.1) is 0 Å². The predicted octanol–water partition coefficient (Wildman–Crippen LogP) is 3.58. The maximum Gasteiger partial charge on any atom is 0.262 e. The molecule has 0 aromatic heterocycles. The van der Waals surface area contributed by atoms with E-state index in [1.165, 1.54) is 6.07 Å². The van der Waals surface area contributed by atoms with Crippen LogP contribution in [-0.4, -0.2) is 24.2 Å².